The summed E-state index contributed by atoms with van der Waals surface area (Å²) in [6.45, 7) is 2.05. The van der Waals surface area contributed by atoms with Gasteiger partial charge >= 0.3 is 5.97 Å². The Morgan fingerprint density at radius 2 is 1.89 bits per heavy atom. The quantitative estimate of drug-likeness (QED) is 0.785. The van der Waals surface area contributed by atoms with Crippen LogP contribution in [0.2, 0.25) is 0 Å². The zero-order chi connectivity index (χ0) is 13.9. The third-order valence-electron chi connectivity index (χ3n) is 4.17. The highest BCUT2D eigenvalue weighted by atomic mass is 16.5. The molecule has 1 aliphatic carbocycles. The summed E-state index contributed by atoms with van der Waals surface area (Å²) in [4.78, 5) is 23.6. The highest BCUT2D eigenvalue weighted by Crippen LogP contribution is 2.39. The number of hydrogen-bond acceptors (Lipinski definition) is 3. The van der Waals surface area contributed by atoms with E-state index in [2.05, 4.69) is 6.07 Å². The first-order valence-corrected chi connectivity index (χ1v) is 6.72. The Labute approximate surface area is 114 Å². The average molecular weight is 260 g/mol. The van der Waals surface area contributed by atoms with Crippen molar-refractivity contribution in [3.8, 4) is 0 Å². The van der Waals surface area contributed by atoms with E-state index in [4.69, 9.17) is 4.74 Å². The summed E-state index contributed by atoms with van der Waals surface area (Å²) < 4.78 is 4.99. The van der Waals surface area contributed by atoms with Crippen molar-refractivity contribution in [1.29, 1.82) is 0 Å². The minimum atomic E-state index is -0.519. The number of carbonyl (C=O) groups excluding carboxylic acids is 2. The summed E-state index contributed by atoms with van der Waals surface area (Å²) in [6, 6.07) is 8.08. The summed E-state index contributed by atoms with van der Waals surface area (Å²) in [6.07, 6.45) is 2.85. The normalized spacial score (nSPS) is 18.1. The molecule has 1 saturated carbocycles. The highest BCUT2D eigenvalue weighted by Gasteiger charge is 2.42. The number of ketones is 1. The molecule has 0 unspecified atom stereocenters. The SMILES string of the molecule is COC(=O)C1(Cc2ccccc2C)CCC(=O)CC1. The molecule has 0 atom stereocenters. The zero-order valence-electron chi connectivity index (χ0n) is 11.6. The van der Waals surface area contributed by atoms with Crippen molar-refractivity contribution in [3.63, 3.8) is 0 Å². The van der Waals surface area contributed by atoms with Crippen LogP contribution in [0.15, 0.2) is 24.3 Å². The monoisotopic (exact) mass is 260 g/mol. The van der Waals surface area contributed by atoms with Crippen LogP contribution in [0.4, 0.5) is 0 Å². The average Bonchev–Trinajstić information content (AvgIpc) is 2.43. The maximum atomic E-state index is 12.2. The van der Waals surface area contributed by atoms with Crippen LogP contribution in [-0.2, 0) is 20.7 Å². The number of hydrogen-bond donors (Lipinski definition) is 0. The number of rotatable bonds is 3. The number of aryl methyl sites for hydroxylation is 1. The second-order valence-electron chi connectivity index (χ2n) is 5.41. The Morgan fingerprint density at radius 3 is 2.47 bits per heavy atom. The van der Waals surface area contributed by atoms with Gasteiger partial charge in [-0.3, -0.25) is 9.59 Å². The van der Waals surface area contributed by atoms with Crippen LogP contribution >= 0.6 is 0 Å². The Morgan fingerprint density at radius 1 is 1.26 bits per heavy atom. The van der Waals surface area contributed by atoms with Crippen molar-refractivity contribution in [2.45, 2.75) is 39.0 Å². The molecule has 2 rings (SSSR count). The van der Waals surface area contributed by atoms with Gasteiger partial charge in [-0.1, -0.05) is 24.3 Å². The summed E-state index contributed by atoms with van der Waals surface area (Å²) >= 11 is 0. The highest BCUT2D eigenvalue weighted by molar-refractivity contribution is 5.84. The molecule has 3 nitrogen and oxygen atoms in total. The van der Waals surface area contributed by atoms with Gasteiger partial charge in [0.15, 0.2) is 0 Å². The second-order valence-corrected chi connectivity index (χ2v) is 5.41. The van der Waals surface area contributed by atoms with E-state index in [0.29, 0.717) is 32.1 Å². The van der Waals surface area contributed by atoms with E-state index in [1.807, 2.05) is 25.1 Å². The van der Waals surface area contributed by atoms with E-state index >= 15 is 0 Å². The van der Waals surface area contributed by atoms with Crippen LogP contribution in [0.3, 0.4) is 0 Å². The van der Waals surface area contributed by atoms with Gasteiger partial charge in [0, 0.05) is 12.8 Å². The molecule has 1 aromatic rings. The molecule has 0 aromatic heterocycles. The molecule has 0 bridgehead atoms. The maximum Gasteiger partial charge on any atom is 0.312 e. The minimum absolute atomic E-state index is 0.178. The van der Waals surface area contributed by atoms with Crippen LogP contribution in [0.5, 0.6) is 0 Å². The Balaban J connectivity index is 2.27. The number of esters is 1. The van der Waals surface area contributed by atoms with E-state index < -0.39 is 5.41 Å². The molecule has 102 valence electrons. The number of methoxy groups -OCH3 is 1. The third-order valence-corrected chi connectivity index (χ3v) is 4.17. The van der Waals surface area contributed by atoms with Gasteiger partial charge in [-0.2, -0.15) is 0 Å². The van der Waals surface area contributed by atoms with E-state index in [1.54, 1.807) is 0 Å². The molecule has 1 aromatic carbocycles. The molecule has 0 spiro atoms. The molecule has 3 heteroatoms. The Bertz CT molecular complexity index is 481. The summed E-state index contributed by atoms with van der Waals surface area (Å²) in [5.74, 6) is 0.0764. The van der Waals surface area contributed by atoms with Gasteiger partial charge in [0.05, 0.1) is 12.5 Å². The molecule has 0 heterocycles. The van der Waals surface area contributed by atoms with E-state index in [9.17, 15) is 9.59 Å². The lowest BCUT2D eigenvalue weighted by molar-refractivity contribution is -0.155. The van der Waals surface area contributed by atoms with Crippen molar-refractivity contribution >= 4 is 11.8 Å². The van der Waals surface area contributed by atoms with Crippen molar-refractivity contribution < 1.29 is 14.3 Å². The molecule has 0 N–H and O–H groups in total. The minimum Gasteiger partial charge on any atom is -0.469 e. The van der Waals surface area contributed by atoms with Gasteiger partial charge in [-0.05, 0) is 37.3 Å². The number of carbonyl (C=O) groups is 2. The van der Waals surface area contributed by atoms with Gasteiger partial charge < -0.3 is 4.74 Å². The van der Waals surface area contributed by atoms with Gasteiger partial charge in [-0.15, -0.1) is 0 Å². The van der Waals surface area contributed by atoms with Crippen LogP contribution < -0.4 is 0 Å². The Kier molecular flexibility index (Phi) is 4.03. The maximum absolute atomic E-state index is 12.2. The fourth-order valence-electron chi connectivity index (χ4n) is 2.85. The fraction of sp³-hybridized carbons (Fsp3) is 0.500. The van der Waals surface area contributed by atoms with Gasteiger partial charge in [0.2, 0.25) is 0 Å². The first kappa shape index (κ1) is 13.8. The van der Waals surface area contributed by atoms with Crippen LogP contribution in [0.1, 0.15) is 36.8 Å². The van der Waals surface area contributed by atoms with Gasteiger partial charge in [-0.25, -0.2) is 0 Å². The molecule has 19 heavy (non-hydrogen) atoms. The summed E-state index contributed by atoms with van der Waals surface area (Å²) in [7, 11) is 1.43. The second kappa shape index (κ2) is 5.55. The lowest BCUT2D eigenvalue weighted by Crippen LogP contribution is -2.38. The van der Waals surface area contributed by atoms with Crippen molar-refractivity contribution in [2.24, 2.45) is 5.41 Å². The summed E-state index contributed by atoms with van der Waals surface area (Å²) in [5.41, 5.74) is 1.83. The Hall–Kier alpha value is -1.64. The van der Waals surface area contributed by atoms with Gasteiger partial charge in [0.1, 0.15) is 5.78 Å². The molecule has 0 saturated heterocycles. The van der Waals surface area contributed by atoms with Crippen LogP contribution in [0, 0.1) is 12.3 Å². The molecule has 0 aliphatic heterocycles. The third kappa shape index (κ3) is 2.86. The smallest absolute Gasteiger partial charge is 0.312 e. The van der Waals surface area contributed by atoms with Crippen LogP contribution in [-0.4, -0.2) is 18.9 Å². The largest absolute Gasteiger partial charge is 0.469 e. The standard InChI is InChI=1S/C16H20O3/c1-12-5-3-4-6-13(12)11-16(15(18)19-2)9-7-14(17)8-10-16/h3-6H,7-11H2,1-2H3. The van der Waals surface area contributed by atoms with Gasteiger partial charge in [0.25, 0.3) is 0 Å². The molecular formula is C16H20O3. The van der Waals surface area contributed by atoms with Crippen molar-refractivity contribution in [3.05, 3.63) is 35.4 Å². The molecule has 1 fully saturated rings. The topological polar surface area (TPSA) is 43.4 Å². The zero-order valence-corrected chi connectivity index (χ0v) is 11.6. The van der Waals surface area contributed by atoms with E-state index in [1.165, 1.54) is 18.2 Å². The molecule has 0 amide bonds. The number of Topliss-reactive ketones (excluding diaryl/α,β-unsaturated/α-hetero) is 1. The van der Waals surface area contributed by atoms with Crippen molar-refractivity contribution in [2.75, 3.05) is 7.11 Å². The summed E-state index contributed by atoms with van der Waals surface area (Å²) in [5, 5.41) is 0. The number of benzene rings is 1. The first-order valence-electron chi connectivity index (χ1n) is 6.72. The lowest BCUT2D eigenvalue weighted by atomic mass is 9.69. The van der Waals surface area contributed by atoms with Crippen LogP contribution in [0.25, 0.3) is 0 Å². The van der Waals surface area contributed by atoms with Crippen molar-refractivity contribution in [1.82, 2.24) is 0 Å². The molecule has 0 radical (unpaired) electrons. The fourth-order valence-corrected chi connectivity index (χ4v) is 2.85. The molecule has 1 aliphatic rings. The molecular weight excluding hydrogens is 240 g/mol. The van der Waals surface area contributed by atoms with E-state index in [0.717, 1.165) is 0 Å². The predicted octanol–water partition coefficient (Wildman–Crippen LogP) is 2.84. The first-order chi connectivity index (χ1) is 9.07. The number of ether oxygens (including phenoxy) is 1. The lowest BCUT2D eigenvalue weighted by Gasteiger charge is -2.34. The van der Waals surface area contributed by atoms with E-state index in [-0.39, 0.29) is 11.8 Å². The predicted molar refractivity (Wildman–Crippen MR) is 72.8 cm³/mol.